The molecule has 2 rings (SSSR count). The molecule has 2 unspecified atom stereocenters. The lowest BCUT2D eigenvalue weighted by atomic mass is 9.97. The molecule has 1 fully saturated rings. The van der Waals surface area contributed by atoms with Crippen molar-refractivity contribution in [2.45, 2.75) is 52.2 Å². The fourth-order valence-corrected chi connectivity index (χ4v) is 3.54. The fraction of sp³-hybridized carbons (Fsp3) is 0.647. The van der Waals surface area contributed by atoms with Crippen molar-refractivity contribution in [3.8, 4) is 0 Å². The maximum atomic E-state index is 6.35. The van der Waals surface area contributed by atoms with Gasteiger partial charge in [-0.25, -0.2) is 0 Å². The van der Waals surface area contributed by atoms with Crippen LogP contribution in [0.5, 0.6) is 0 Å². The molecule has 4 heteroatoms. The molecule has 1 N–H and O–H groups in total. The summed E-state index contributed by atoms with van der Waals surface area (Å²) in [4.78, 5) is 2.55. The number of rotatable bonds is 5. The van der Waals surface area contributed by atoms with Gasteiger partial charge in [0, 0.05) is 47.3 Å². The number of hydrogen-bond acceptors (Lipinski definition) is 2. The van der Waals surface area contributed by atoms with E-state index in [1.165, 1.54) is 12.8 Å². The number of piperazine rings is 1. The van der Waals surface area contributed by atoms with Crippen LogP contribution in [0.4, 0.5) is 0 Å². The maximum Gasteiger partial charge on any atom is 0.0465 e. The van der Waals surface area contributed by atoms with E-state index in [9.17, 15) is 0 Å². The van der Waals surface area contributed by atoms with Crippen molar-refractivity contribution >= 4 is 23.2 Å². The van der Waals surface area contributed by atoms with Gasteiger partial charge in [-0.3, -0.25) is 4.90 Å². The standard InChI is InChI=1S/C17H26Cl2N2/c1-4-6-13-9-20-17(12(2)3)11-21(13)10-14-15(18)7-5-8-16(14)19/h5,7-8,12-13,17,20H,4,6,9-11H2,1-3H3. The van der Waals surface area contributed by atoms with Gasteiger partial charge in [-0.05, 0) is 24.5 Å². The van der Waals surface area contributed by atoms with Crippen LogP contribution in [0, 0.1) is 5.92 Å². The van der Waals surface area contributed by atoms with Crippen molar-refractivity contribution in [1.29, 1.82) is 0 Å². The molecular weight excluding hydrogens is 303 g/mol. The van der Waals surface area contributed by atoms with Gasteiger partial charge in [-0.15, -0.1) is 0 Å². The van der Waals surface area contributed by atoms with E-state index in [-0.39, 0.29) is 0 Å². The van der Waals surface area contributed by atoms with Crippen LogP contribution < -0.4 is 5.32 Å². The van der Waals surface area contributed by atoms with Crippen LogP contribution in [0.1, 0.15) is 39.2 Å². The largest absolute Gasteiger partial charge is 0.311 e. The first kappa shape index (κ1) is 17.1. The van der Waals surface area contributed by atoms with Crippen LogP contribution in [0.3, 0.4) is 0 Å². The topological polar surface area (TPSA) is 15.3 Å². The number of hydrogen-bond donors (Lipinski definition) is 1. The fourth-order valence-electron chi connectivity index (χ4n) is 3.03. The van der Waals surface area contributed by atoms with Crippen LogP contribution in [-0.4, -0.2) is 30.1 Å². The van der Waals surface area contributed by atoms with Crippen molar-refractivity contribution in [1.82, 2.24) is 10.2 Å². The zero-order valence-corrected chi connectivity index (χ0v) is 14.7. The van der Waals surface area contributed by atoms with Gasteiger partial charge >= 0.3 is 0 Å². The Balaban J connectivity index is 2.16. The Hall–Kier alpha value is -0.280. The molecule has 1 aliphatic heterocycles. The highest BCUT2D eigenvalue weighted by Gasteiger charge is 2.29. The second-order valence-electron chi connectivity index (χ2n) is 6.33. The minimum Gasteiger partial charge on any atom is -0.311 e. The second-order valence-corrected chi connectivity index (χ2v) is 7.15. The minimum atomic E-state index is 0.541. The monoisotopic (exact) mass is 328 g/mol. The summed E-state index contributed by atoms with van der Waals surface area (Å²) in [7, 11) is 0. The molecule has 0 aromatic heterocycles. The van der Waals surface area contributed by atoms with E-state index in [4.69, 9.17) is 23.2 Å². The molecule has 0 aliphatic carbocycles. The molecule has 0 amide bonds. The molecule has 0 bridgehead atoms. The van der Waals surface area contributed by atoms with Gasteiger partial charge in [0.1, 0.15) is 0 Å². The molecule has 2 atom stereocenters. The summed E-state index contributed by atoms with van der Waals surface area (Å²) in [6, 6.07) is 6.88. The molecule has 0 spiro atoms. The summed E-state index contributed by atoms with van der Waals surface area (Å²) in [6.07, 6.45) is 2.41. The third-order valence-corrected chi connectivity index (χ3v) is 5.12. The molecule has 0 radical (unpaired) electrons. The normalized spacial score (nSPS) is 23.7. The lowest BCUT2D eigenvalue weighted by Gasteiger charge is -2.42. The third-order valence-electron chi connectivity index (χ3n) is 4.41. The van der Waals surface area contributed by atoms with Crippen molar-refractivity contribution in [3.63, 3.8) is 0 Å². The highest BCUT2D eigenvalue weighted by Crippen LogP contribution is 2.28. The van der Waals surface area contributed by atoms with Crippen LogP contribution in [0.15, 0.2) is 18.2 Å². The van der Waals surface area contributed by atoms with E-state index in [0.717, 1.165) is 35.2 Å². The lowest BCUT2D eigenvalue weighted by molar-refractivity contribution is 0.0998. The van der Waals surface area contributed by atoms with Gasteiger partial charge < -0.3 is 5.32 Å². The zero-order valence-electron chi connectivity index (χ0n) is 13.2. The highest BCUT2D eigenvalue weighted by molar-refractivity contribution is 6.35. The van der Waals surface area contributed by atoms with E-state index >= 15 is 0 Å². The van der Waals surface area contributed by atoms with Crippen LogP contribution in [0.25, 0.3) is 0 Å². The Morgan fingerprint density at radius 3 is 2.52 bits per heavy atom. The van der Waals surface area contributed by atoms with Crippen molar-refractivity contribution in [3.05, 3.63) is 33.8 Å². The molecule has 118 valence electrons. The SMILES string of the molecule is CCCC1CNC(C(C)C)CN1Cc1c(Cl)cccc1Cl. The van der Waals surface area contributed by atoms with Crippen molar-refractivity contribution in [2.24, 2.45) is 5.92 Å². The van der Waals surface area contributed by atoms with E-state index in [1.807, 2.05) is 18.2 Å². The number of halogens is 2. The number of nitrogens with zero attached hydrogens (tertiary/aromatic N) is 1. The quantitative estimate of drug-likeness (QED) is 0.850. The van der Waals surface area contributed by atoms with Crippen molar-refractivity contribution in [2.75, 3.05) is 13.1 Å². The Kier molecular flexibility index (Phi) is 6.36. The van der Waals surface area contributed by atoms with Gasteiger partial charge in [0.25, 0.3) is 0 Å². The maximum absolute atomic E-state index is 6.35. The summed E-state index contributed by atoms with van der Waals surface area (Å²) < 4.78 is 0. The molecule has 1 heterocycles. The molecule has 2 nitrogen and oxygen atoms in total. The smallest absolute Gasteiger partial charge is 0.0465 e. The summed E-state index contributed by atoms with van der Waals surface area (Å²) in [5, 5.41) is 5.24. The van der Waals surface area contributed by atoms with Gasteiger partial charge in [0.15, 0.2) is 0 Å². The third kappa shape index (κ3) is 4.35. The molecule has 1 aromatic rings. The highest BCUT2D eigenvalue weighted by atomic mass is 35.5. The molecule has 1 aromatic carbocycles. The average Bonchev–Trinajstić information content (AvgIpc) is 2.44. The van der Waals surface area contributed by atoms with Gasteiger partial charge in [-0.1, -0.05) is 56.5 Å². The van der Waals surface area contributed by atoms with Crippen LogP contribution >= 0.6 is 23.2 Å². The van der Waals surface area contributed by atoms with E-state index in [1.54, 1.807) is 0 Å². The first-order valence-corrected chi connectivity index (χ1v) is 8.68. The Labute approximate surface area is 138 Å². The molecule has 21 heavy (non-hydrogen) atoms. The summed E-state index contributed by atoms with van der Waals surface area (Å²) in [6.45, 7) is 9.75. The molecular formula is C17H26Cl2N2. The van der Waals surface area contributed by atoms with Crippen molar-refractivity contribution < 1.29 is 0 Å². The number of benzene rings is 1. The summed E-state index contributed by atoms with van der Waals surface area (Å²) in [5.41, 5.74) is 1.06. The van der Waals surface area contributed by atoms with Gasteiger partial charge in [-0.2, -0.15) is 0 Å². The second kappa shape index (κ2) is 7.82. The van der Waals surface area contributed by atoms with E-state index in [0.29, 0.717) is 18.0 Å². The molecule has 1 aliphatic rings. The van der Waals surface area contributed by atoms with Gasteiger partial charge in [0.2, 0.25) is 0 Å². The van der Waals surface area contributed by atoms with E-state index in [2.05, 4.69) is 31.0 Å². The van der Waals surface area contributed by atoms with E-state index < -0.39 is 0 Å². The Morgan fingerprint density at radius 1 is 1.29 bits per heavy atom. The van der Waals surface area contributed by atoms with Crippen LogP contribution in [0.2, 0.25) is 10.0 Å². The summed E-state index contributed by atoms with van der Waals surface area (Å²) >= 11 is 12.7. The first-order chi connectivity index (χ1) is 10.0. The predicted octanol–water partition coefficient (Wildman–Crippen LogP) is 4.59. The Morgan fingerprint density at radius 2 is 1.95 bits per heavy atom. The minimum absolute atomic E-state index is 0.541. The zero-order chi connectivity index (χ0) is 15.4. The molecule has 1 saturated heterocycles. The average molecular weight is 329 g/mol. The molecule has 0 saturated carbocycles. The lowest BCUT2D eigenvalue weighted by Crippen LogP contribution is -2.57. The number of nitrogens with one attached hydrogen (secondary N) is 1. The predicted molar refractivity (Wildman–Crippen MR) is 92.2 cm³/mol. The first-order valence-electron chi connectivity index (χ1n) is 7.93. The Bertz CT molecular complexity index is 442. The van der Waals surface area contributed by atoms with Crippen LogP contribution in [-0.2, 0) is 6.54 Å². The van der Waals surface area contributed by atoms with Gasteiger partial charge in [0.05, 0.1) is 0 Å². The summed E-state index contributed by atoms with van der Waals surface area (Å²) in [5.74, 6) is 0.636.